The SMILES string of the molecule is [CH]C(C)(F)F. The van der Waals surface area contributed by atoms with E-state index in [-0.39, 0.29) is 0 Å². The molecule has 0 amide bonds. The molecule has 0 rings (SSSR count). The van der Waals surface area contributed by atoms with Gasteiger partial charge in [0.2, 0.25) is 5.92 Å². The fourth-order valence-corrected chi connectivity index (χ4v) is 0. The lowest BCUT2D eigenvalue weighted by atomic mass is 10.5. The Morgan fingerprint density at radius 2 is 1.60 bits per heavy atom. The molecule has 0 bridgehead atoms. The van der Waals surface area contributed by atoms with Crippen molar-refractivity contribution in [3.05, 3.63) is 6.92 Å². The summed E-state index contributed by atoms with van der Waals surface area (Å²) in [5.41, 5.74) is 0. The summed E-state index contributed by atoms with van der Waals surface area (Å²) in [4.78, 5) is 0. The summed E-state index contributed by atoms with van der Waals surface area (Å²) in [5, 5.41) is 0. The lowest BCUT2D eigenvalue weighted by molar-refractivity contribution is 0.0741. The average molecular weight is 78.1 g/mol. The summed E-state index contributed by atoms with van der Waals surface area (Å²) in [5.74, 6) is -3.00. The van der Waals surface area contributed by atoms with Crippen LogP contribution in [-0.4, -0.2) is 5.92 Å². The summed E-state index contributed by atoms with van der Waals surface area (Å²) >= 11 is 0. The molecule has 0 saturated carbocycles. The topological polar surface area (TPSA) is 0 Å². The smallest absolute Gasteiger partial charge is 0.207 e. The summed E-state index contributed by atoms with van der Waals surface area (Å²) < 4.78 is 21.6. The first kappa shape index (κ1) is 4.86. The van der Waals surface area contributed by atoms with Gasteiger partial charge in [-0.1, -0.05) is 0 Å². The molecule has 0 fully saturated rings. The Bertz CT molecular complexity index is 20.4. The normalized spacial score (nSPS) is 12.0. The lowest BCUT2D eigenvalue weighted by Gasteiger charge is -1.93. The van der Waals surface area contributed by atoms with Crippen molar-refractivity contribution in [3.8, 4) is 0 Å². The van der Waals surface area contributed by atoms with Crippen LogP contribution in [0.2, 0.25) is 0 Å². The predicted molar refractivity (Wildman–Crippen MR) is 14.9 cm³/mol. The van der Waals surface area contributed by atoms with Crippen molar-refractivity contribution in [2.24, 2.45) is 0 Å². The fourth-order valence-electron chi connectivity index (χ4n) is 0. The second kappa shape index (κ2) is 0.919. The third-order valence-corrected chi connectivity index (χ3v) is 0. The first-order valence-corrected chi connectivity index (χ1v) is 1.17. The largest absolute Gasteiger partial charge is 0.249 e. The Morgan fingerprint density at radius 1 is 1.60 bits per heavy atom. The zero-order valence-electron chi connectivity index (χ0n) is 2.83. The van der Waals surface area contributed by atoms with Crippen LogP contribution in [0.5, 0.6) is 0 Å². The van der Waals surface area contributed by atoms with E-state index in [9.17, 15) is 8.78 Å². The fraction of sp³-hybridized carbons (Fsp3) is 0.667. The standard InChI is InChI=1S/C3H4F2/c1-3(2,4)5/h1H,2H3. The highest BCUT2D eigenvalue weighted by Crippen LogP contribution is 2.05. The number of halogens is 2. The molecule has 0 nitrogen and oxygen atoms in total. The third-order valence-electron chi connectivity index (χ3n) is 0. The van der Waals surface area contributed by atoms with Gasteiger partial charge in [-0.05, 0) is 6.92 Å². The van der Waals surface area contributed by atoms with Crippen LogP contribution in [0.15, 0.2) is 0 Å². The monoisotopic (exact) mass is 78.0 g/mol. The van der Waals surface area contributed by atoms with Crippen LogP contribution in [0.25, 0.3) is 0 Å². The molecule has 0 aromatic carbocycles. The third kappa shape index (κ3) is 681. The molecule has 0 unspecified atom stereocenters. The molecular formula is C3H4F2. The zero-order chi connectivity index (χ0) is 4.50. The van der Waals surface area contributed by atoms with E-state index in [0.717, 1.165) is 0 Å². The molecule has 0 aliphatic rings. The first-order chi connectivity index (χ1) is 2.00. The van der Waals surface area contributed by atoms with Crippen molar-refractivity contribution >= 4 is 0 Å². The molecule has 0 saturated heterocycles. The second-order valence-electron chi connectivity index (χ2n) is 0.956. The molecule has 0 aromatic rings. The Kier molecular flexibility index (Phi) is 0.894. The van der Waals surface area contributed by atoms with E-state index in [1.807, 2.05) is 0 Å². The minimum atomic E-state index is -3.00. The van der Waals surface area contributed by atoms with Gasteiger partial charge < -0.3 is 0 Å². The van der Waals surface area contributed by atoms with E-state index >= 15 is 0 Å². The molecule has 2 radical (unpaired) electrons. The number of alkyl halides is 2. The van der Waals surface area contributed by atoms with Gasteiger partial charge in [0, 0.05) is 6.92 Å². The van der Waals surface area contributed by atoms with Crippen LogP contribution in [0, 0.1) is 6.92 Å². The molecule has 0 aliphatic heterocycles. The molecule has 0 atom stereocenters. The number of hydrogen-bond acceptors (Lipinski definition) is 0. The van der Waals surface area contributed by atoms with Crippen LogP contribution in [-0.2, 0) is 0 Å². The second-order valence-corrected chi connectivity index (χ2v) is 0.956. The van der Waals surface area contributed by atoms with E-state index in [4.69, 9.17) is 0 Å². The highest BCUT2D eigenvalue weighted by Gasteiger charge is 2.09. The van der Waals surface area contributed by atoms with Gasteiger partial charge in [0.05, 0.1) is 0 Å². The Labute approximate surface area is 29.8 Å². The van der Waals surface area contributed by atoms with Gasteiger partial charge in [0.1, 0.15) is 0 Å². The summed E-state index contributed by atoms with van der Waals surface area (Å²) in [6.45, 7) is 4.65. The lowest BCUT2D eigenvalue weighted by Crippen LogP contribution is -1.99. The molecule has 0 spiro atoms. The Hall–Kier alpha value is -0.140. The van der Waals surface area contributed by atoms with Crippen molar-refractivity contribution in [2.75, 3.05) is 0 Å². The summed E-state index contributed by atoms with van der Waals surface area (Å²) in [6, 6.07) is 0. The highest BCUT2D eigenvalue weighted by atomic mass is 19.3. The average Bonchev–Trinajstić information content (AvgIpc) is 0.722. The quantitative estimate of drug-likeness (QED) is 0.410. The van der Waals surface area contributed by atoms with Crippen molar-refractivity contribution in [3.63, 3.8) is 0 Å². The van der Waals surface area contributed by atoms with Gasteiger partial charge in [-0.15, -0.1) is 0 Å². The number of hydrogen-bond donors (Lipinski definition) is 0. The van der Waals surface area contributed by atoms with Crippen LogP contribution >= 0.6 is 0 Å². The molecule has 30 valence electrons. The van der Waals surface area contributed by atoms with E-state index in [0.29, 0.717) is 6.92 Å². The van der Waals surface area contributed by atoms with Crippen LogP contribution in [0.1, 0.15) is 6.92 Å². The van der Waals surface area contributed by atoms with Gasteiger partial charge in [-0.2, -0.15) is 0 Å². The molecule has 0 aromatic heterocycles. The van der Waals surface area contributed by atoms with Crippen LogP contribution in [0.4, 0.5) is 8.78 Å². The highest BCUT2D eigenvalue weighted by molar-refractivity contribution is 4.56. The maximum Gasteiger partial charge on any atom is 0.249 e. The zero-order valence-corrected chi connectivity index (χ0v) is 2.83. The van der Waals surface area contributed by atoms with E-state index < -0.39 is 5.92 Å². The first-order valence-electron chi connectivity index (χ1n) is 1.17. The van der Waals surface area contributed by atoms with Crippen molar-refractivity contribution < 1.29 is 8.78 Å². The van der Waals surface area contributed by atoms with E-state index in [1.165, 1.54) is 0 Å². The maximum absolute atomic E-state index is 10.8. The van der Waals surface area contributed by atoms with Gasteiger partial charge in [0.15, 0.2) is 0 Å². The van der Waals surface area contributed by atoms with Gasteiger partial charge in [0.25, 0.3) is 0 Å². The minimum absolute atomic E-state index is 0.632. The Balaban J connectivity index is 3.02. The summed E-state index contributed by atoms with van der Waals surface area (Å²) in [7, 11) is 0. The van der Waals surface area contributed by atoms with Crippen LogP contribution in [0.3, 0.4) is 0 Å². The molecule has 2 heteroatoms. The molecule has 5 heavy (non-hydrogen) atoms. The Morgan fingerprint density at radius 3 is 1.60 bits per heavy atom. The van der Waals surface area contributed by atoms with Gasteiger partial charge in [-0.3, -0.25) is 0 Å². The van der Waals surface area contributed by atoms with Gasteiger partial charge in [-0.25, -0.2) is 8.78 Å². The summed E-state index contributed by atoms with van der Waals surface area (Å²) in [6.07, 6.45) is 0. The van der Waals surface area contributed by atoms with Crippen molar-refractivity contribution in [2.45, 2.75) is 12.8 Å². The van der Waals surface area contributed by atoms with Crippen LogP contribution < -0.4 is 0 Å². The molecule has 0 heterocycles. The van der Waals surface area contributed by atoms with Gasteiger partial charge >= 0.3 is 0 Å². The predicted octanol–water partition coefficient (Wildman–Crippen LogP) is 1.35. The molecule has 0 aliphatic carbocycles. The maximum atomic E-state index is 10.8. The van der Waals surface area contributed by atoms with E-state index in [2.05, 4.69) is 6.92 Å². The van der Waals surface area contributed by atoms with Crippen molar-refractivity contribution in [1.82, 2.24) is 0 Å². The van der Waals surface area contributed by atoms with E-state index in [1.54, 1.807) is 0 Å². The minimum Gasteiger partial charge on any atom is -0.207 e. The molecular weight excluding hydrogens is 74.0 g/mol. The molecule has 0 N–H and O–H groups in total. The number of rotatable bonds is 0. The van der Waals surface area contributed by atoms with Crippen molar-refractivity contribution in [1.29, 1.82) is 0 Å².